The Bertz CT molecular complexity index is 569. The molecule has 4 aliphatic rings. The predicted molar refractivity (Wildman–Crippen MR) is 120 cm³/mol. The quantitative estimate of drug-likeness (QED) is 0.553. The molecule has 29 heavy (non-hydrogen) atoms. The van der Waals surface area contributed by atoms with Crippen LogP contribution in [0.1, 0.15) is 105 Å². The van der Waals surface area contributed by atoms with E-state index in [2.05, 4.69) is 34.6 Å². The fourth-order valence-corrected chi connectivity index (χ4v) is 9.35. The van der Waals surface area contributed by atoms with E-state index in [-0.39, 0.29) is 5.41 Å². The van der Waals surface area contributed by atoms with Gasteiger partial charge in [0.05, 0.1) is 12.2 Å². The lowest BCUT2D eigenvalue weighted by Crippen LogP contribution is -2.60. The number of hydrogen-bond donors (Lipinski definition) is 2. The zero-order valence-corrected chi connectivity index (χ0v) is 19.9. The van der Waals surface area contributed by atoms with E-state index in [1.165, 1.54) is 57.8 Å². The molecule has 0 amide bonds. The lowest BCUT2D eigenvalue weighted by Gasteiger charge is -2.62. The van der Waals surface area contributed by atoms with Crippen LogP contribution in [0.2, 0.25) is 0 Å². The van der Waals surface area contributed by atoms with Crippen LogP contribution in [-0.2, 0) is 0 Å². The molecule has 0 heterocycles. The lowest BCUT2D eigenvalue weighted by atomic mass is 9.43. The monoisotopic (exact) mass is 404 g/mol. The summed E-state index contributed by atoms with van der Waals surface area (Å²) in [5.74, 6) is 5.46. The van der Waals surface area contributed by atoms with Gasteiger partial charge in [0, 0.05) is 5.41 Å². The maximum absolute atomic E-state index is 11.1. The summed E-state index contributed by atoms with van der Waals surface area (Å²) in [5.41, 5.74) is 0.461. The van der Waals surface area contributed by atoms with E-state index in [0.717, 1.165) is 42.4 Å². The van der Waals surface area contributed by atoms with Crippen molar-refractivity contribution in [3.8, 4) is 0 Å². The Hall–Kier alpha value is -0.0800. The summed E-state index contributed by atoms with van der Waals surface area (Å²) >= 11 is 0. The molecule has 2 heteroatoms. The Morgan fingerprint density at radius 3 is 2.28 bits per heavy atom. The SMILES string of the molecule is CC(C)CCCC(C)C1CCC2C3CCC4CCC(O)C(O)C4(C)C3CCC12C. The minimum absolute atomic E-state index is 0.0527. The Morgan fingerprint density at radius 1 is 0.828 bits per heavy atom. The molecule has 10 atom stereocenters. The molecule has 0 bridgehead atoms. The van der Waals surface area contributed by atoms with Crippen LogP contribution in [0.15, 0.2) is 0 Å². The van der Waals surface area contributed by atoms with Crippen molar-refractivity contribution in [3.63, 3.8) is 0 Å². The van der Waals surface area contributed by atoms with E-state index in [1.54, 1.807) is 0 Å². The smallest absolute Gasteiger partial charge is 0.0857 e. The average molecular weight is 405 g/mol. The highest BCUT2D eigenvalue weighted by Crippen LogP contribution is 2.68. The fraction of sp³-hybridized carbons (Fsp3) is 1.00. The molecule has 4 saturated carbocycles. The minimum atomic E-state index is -0.509. The van der Waals surface area contributed by atoms with Gasteiger partial charge < -0.3 is 10.2 Å². The number of hydrogen-bond acceptors (Lipinski definition) is 2. The molecule has 4 aliphatic carbocycles. The van der Waals surface area contributed by atoms with Crippen molar-refractivity contribution >= 4 is 0 Å². The Kier molecular flexibility index (Phi) is 6.19. The molecule has 10 unspecified atom stereocenters. The van der Waals surface area contributed by atoms with Gasteiger partial charge in [-0.1, -0.05) is 53.9 Å². The largest absolute Gasteiger partial charge is 0.390 e. The summed E-state index contributed by atoms with van der Waals surface area (Å²) in [7, 11) is 0. The van der Waals surface area contributed by atoms with Crippen LogP contribution in [0.25, 0.3) is 0 Å². The first kappa shape index (κ1) is 22.1. The topological polar surface area (TPSA) is 40.5 Å². The van der Waals surface area contributed by atoms with E-state index in [0.29, 0.717) is 17.3 Å². The summed E-state index contributed by atoms with van der Waals surface area (Å²) in [6.45, 7) is 12.2. The molecule has 0 aromatic heterocycles. The fourth-order valence-electron chi connectivity index (χ4n) is 9.35. The molecule has 0 aromatic rings. The van der Waals surface area contributed by atoms with Gasteiger partial charge in [0.25, 0.3) is 0 Å². The minimum Gasteiger partial charge on any atom is -0.390 e. The molecular weight excluding hydrogens is 356 g/mol. The van der Waals surface area contributed by atoms with Gasteiger partial charge in [-0.2, -0.15) is 0 Å². The zero-order chi connectivity index (χ0) is 21.0. The van der Waals surface area contributed by atoms with E-state index < -0.39 is 12.2 Å². The number of aliphatic hydroxyl groups is 2. The summed E-state index contributed by atoms with van der Waals surface area (Å²) in [6, 6.07) is 0. The van der Waals surface area contributed by atoms with Gasteiger partial charge >= 0.3 is 0 Å². The molecule has 0 aliphatic heterocycles. The molecule has 0 aromatic carbocycles. The molecule has 0 spiro atoms. The first-order valence-electron chi connectivity index (χ1n) is 13.1. The Balaban J connectivity index is 1.50. The summed E-state index contributed by atoms with van der Waals surface area (Å²) in [4.78, 5) is 0. The van der Waals surface area contributed by atoms with Gasteiger partial charge in [0.2, 0.25) is 0 Å². The van der Waals surface area contributed by atoms with Crippen LogP contribution in [0.4, 0.5) is 0 Å². The molecule has 4 fully saturated rings. The van der Waals surface area contributed by atoms with Crippen molar-refractivity contribution in [2.24, 2.45) is 52.3 Å². The van der Waals surface area contributed by atoms with Crippen molar-refractivity contribution in [2.75, 3.05) is 0 Å². The van der Waals surface area contributed by atoms with Gasteiger partial charge in [-0.3, -0.25) is 0 Å². The highest BCUT2D eigenvalue weighted by Gasteiger charge is 2.62. The molecule has 168 valence electrons. The Labute approximate surface area is 180 Å². The van der Waals surface area contributed by atoms with Gasteiger partial charge in [-0.15, -0.1) is 0 Å². The molecule has 0 radical (unpaired) electrons. The summed E-state index contributed by atoms with van der Waals surface area (Å²) in [6.07, 6.45) is 13.2. The predicted octanol–water partition coefficient (Wildman–Crippen LogP) is 6.44. The third kappa shape index (κ3) is 3.53. The second-order valence-electron chi connectivity index (χ2n) is 12.6. The van der Waals surface area contributed by atoms with Crippen molar-refractivity contribution in [2.45, 2.75) is 117 Å². The number of rotatable bonds is 5. The highest BCUT2D eigenvalue weighted by molar-refractivity contribution is 5.12. The molecule has 0 saturated heterocycles. The van der Waals surface area contributed by atoms with Crippen molar-refractivity contribution in [1.82, 2.24) is 0 Å². The van der Waals surface area contributed by atoms with Gasteiger partial charge in [0.1, 0.15) is 0 Å². The maximum Gasteiger partial charge on any atom is 0.0857 e. The summed E-state index contributed by atoms with van der Waals surface area (Å²) < 4.78 is 0. The normalized spacial score (nSPS) is 50.7. The van der Waals surface area contributed by atoms with E-state index in [9.17, 15) is 10.2 Å². The van der Waals surface area contributed by atoms with E-state index >= 15 is 0 Å². The van der Waals surface area contributed by atoms with Crippen molar-refractivity contribution in [1.29, 1.82) is 0 Å². The van der Waals surface area contributed by atoms with E-state index in [4.69, 9.17) is 0 Å². The second kappa shape index (κ2) is 8.12. The van der Waals surface area contributed by atoms with Crippen molar-refractivity contribution < 1.29 is 10.2 Å². The van der Waals surface area contributed by atoms with Crippen LogP contribution in [0.3, 0.4) is 0 Å². The second-order valence-corrected chi connectivity index (χ2v) is 12.6. The van der Waals surface area contributed by atoms with Gasteiger partial charge in [0.15, 0.2) is 0 Å². The van der Waals surface area contributed by atoms with Gasteiger partial charge in [-0.25, -0.2) is 0 Å². The van der Waals surface area contributed by atoms with Crippen LogP contribution in [-0.4, -0.2) is 22.4 Å². The highest BCUT2D eigenvalue weighted by atomic mass is 16.3. The number of aliphatic hydroxyl groups excluding tert-OH is 2. The van der Waals surface area contributed by atoms with Crippen LogP contribution in [0, 0.1) is 52.3 Å². The first-order valence-corrected chi connectivity index (χ1v) is 13.1. The molecule has 2 nitrogen and oxygen atoms in total. The van der Waals surface area contributed by atoms with Crippen molar-refractivity contribution in [3.05, 3.63) is 0 Å². The molecular formula is C27H48O2. The van der Waals surface area contributed by atoms with E-state index in [1.807, 2.05) is 0 Å². The lowest BCUT2D eigenvalue weighted by molar-refractivity contribution is -0.196. The van der Waals surface area contributed by atoms with Crippen LogP contribution < -0.4 is 0 Å². The molecule has 2 N–H and O–H groups in total. The molecule has 4 rings (SSSR count). The van der Waals surface area contributed by atoms with Gasteiger partial charge in [-0.05, 0) is 98.2 Å². The third-order valence-electron chi connectivity index (χ3n) is 11.0. The standard InChI is InChI=1S/C27H48O2/c1-17(2)7-6-8-18(3)21-12-13-22-20-11-9-19-10-14-24(28)25(29)27(19,5)23(20)15-16-26(21,22)4/h17-25,28-29H,6-16H2,1-5H3. The van der Waals surface area contributed by atoms with Crippen LogP contribution in [0.5, 0.6) is 0 Å². The van der Waals surface area contributed by atoms with Crippen LogP contribution >= 0.6 is 0 Å². The maximum atomic E-state index is 11.1. The average Bonchev–Trinajstić information content (AvgIpc) is 3.02. The third-order valence-corrected chi connectivity index (χ3v) is 11.0. The first-order chi connectivity index (χ1) is 13.7. The Morgan fingerprint density at radius 2 is 1.55 bits per heavy atom. The zero-order valence-electron chi connectivity index (χ0n) is 19.9. The summed E-state index contributed by atoms with van der Waals surface area (Å²) in [5, 5.41) is 21.6. The number of fused-ring (bicyclic) bond motifs is 5.